The summed E-state index contributed by atoms with van der Waals surface area (Å²) < 4.78 is 67.7. The summed E-state index contributed by atoms with van der Waals surface area (Å²) in [4.78, 5) is 16.1. The van der Waals surface area contributed by atoms with Crippen LogP contribution < -0.4 is 10.1 Å². The Kier molecular flexibility index (Phi) is 7.16. The number of sulfonamides is 1. The van der Waals surface area contributed by atoms with E-state index in [1.54, 1.807) is 12.1 Å². The molecular weight excluding hydrogens is 435 g/mol. The summed E-state index contributed by atoms with van der Waals surface area (Å²) in [5, 5.41) is 2.65. The predicted octanol–water partition coefficient (Wildman–Crippen LogP) is 3.13. The summed E-state index contributed by atoms with van der Waals surface area (Å²) in [6, 6.07) is 8.77. The molecule has 3 rings (SSSR count). The molecule has 1 aromatic heterocycles. The van der Waals surface area contributed by atoms with Gasteiger partial charge in [0.25, 0.3) is 5.91 Å². The monoisotopic (exact) mass is 457 g/mol. The van der Waals surface area contributed by atoms with Gasteiger partial charge >= 0.3 is 6.18 Å². The van der Waals surface area contributed by atoms with Gasteiger partial charge in [0.1, 0.15) is 0 Å². The van der Waals surface area contributed by atoms with Crippen molar-refractivity contribution in [3.8, 4) is 5.88 Å². The minimum Gasteiger partial charge on any atom is -0.468 e. The fourth-order valence-electron chi connectivity index (χ4n) is 3.07. The Morgan fingerprint density at radius 3 is 2.32 bits per heavy atom. The highest BCUT2D eigenvalue weighted by Gasteiger charge is 2.28. The second-order valence-corrected chi connectivity index (χ2v) is 9.02. The summed E-state index contributed by atoms with van der Waals surface area (Å²) in [6.45, 7) is -0.271. The molecule has 1 aliphatic heterocycles. The Morgan fingerprint density at radius 2 is 1.74 bits per heavy atom. The van der Waals surface area contributed by atoms with Crippen LogP contribution in [-0.4, -0.2) is 49.5 Å². The lowest BCUT2D eigenvalue weighted by Gasteiger charge is -2.25. The van der Waals surface area contributed by atoms with E-state index < -0.39 is 28.7 Å². The van der Waals surface area contributed by atoms with Crippen molar-refractivity contribution >= 4 is 15.9 Å². The van der Waals surface area contributed by atoms with Crippen LogP contribution >= 0.6 is 0 Å². The zero-order chi connectivity index (χ0) is 22.5. The fourth-order valence-corrected chi connectivity index (χ4v) is 4.59. The third-order valence-corrected chi connectivity index (χ3v) is 6.62. The first-order valence-electron chi connectivity index (χ1n) is 9.68. The average Bonchev–Trinajstić information content (AvgIpc) is 2.77. The Bertz CT molecular complexity index is 988. The van der Waals surface area contributed by atoms with Crippen molar-refractivity contribution in [1.82, 2.24) is 14.6 Å². The number of alkyl halides is 3. The average molecular weight is 457 g/mol. The van der Waals surface area contributed by atoms with Gasteiger partial charge in [-0.15, -0.1) is 0 Å². The Labute approximate surface area is 178 Å². The quantitative estimate of drug-likeness (QED) is 0.690. The molecule has 1 fully saturated rings. The van der Waals surface area contributed by atoms with Gasteiger partial charge in [0.2, 0.25) is 15.9 Å². The van der Waals surface area contributed by atoms with Crippen LogP contribution in [-0.2, 0) is 16.6 Å². The van der Waals surface area contributed by atoms with E-state index in [1.807, 2.05) is 0 Å². The van der Waals surface area contributed by atoms with Gasteiger partial charge in [0, 0.05) is 31.9 Å². The summed E-state index contributed by atoms with van der Waals surface area (Å²) in [6.07, 6.45) is -0.611. The summed E-state index contributed by atoms with van der Waals surface area (Å²) in [5.74, 6) is -0.709. The minimum atomic E-state index is -4.47. The number of rotatable bonds is 7. The zero-order valence-electron chi connectivity index (χ0n) is 16.6. The molecule has 168 valence electrons. The van der Waals surface area contributed by atoms with Gasteiger partial charge in [-0.2, -0.15) is 17.5 Å². The molecule has 2 aromatic rings. The van der Waals surface area contributed by atoms with E-state index in [-0.39, 0.29) is 22.9 Å². The van der Waals surface area contributed by atoms with E-state index in [9.17, 15) is 26.4 Å². The second kappa shape index (κ2) is 9.65. The molecule has 1 aliphatic rings. The number of hydrogen-bond acceptors (Lipinski definition) is 5. The third-order valence-electron chi connectivity index (χ3n) is 4.71. The van der Waals surface area contributed by atoms with Gasteiger partial charge in [-0.05, 0) is 36.6 Å². The van der Waals surface area contributed by atoms with E-state index >= 15 is 0 Å². The smallest absolute Gasteiger partial charge is 0.422 e. The van der Waals surface area contributed by atoms with E-state index in [1.165, 1.54) is 28.6 Å². The molecule has 0 radical (unpaired) electrons. The van der Waals surface area contributed by atoms with Gasteiger partial charge in [-0.3, -0.25) is 4.79 Å². The molecule has 0 bridgehead atoms. The zero-order valence-corrected chi connectivity index (χ0v) is 17.4. The second-order valence-electron chi connectivity index (χ2n) is 7.08. The molecule has 1 N–H and O–H groups in total. The third kappa shape index (κ3) is 6.41. The Morgan fingerprint density at radius 1 is 1.06 bits per heavy atom. The molecule has 1 aromatic carbocycles. The van der Waals surface area contributed by atoms with Crippen LogP contribution in [0.25, 0.3) is 0 Å². The topological polar surface area (TPSA) is 88.6 Å². The van der Waals surface area contributed by atoms with Gasteiger partial charge in [-0.25, -0.2) is 13.4 Å². The van der Waals surface area contributed by atoms with Crippen molar-refractivity contribution in [2.45, 2.75) is 36.9 Å². The molecule has 7 nitrogen and oxygen atoms in total. The number of benzene rings is 1. The number of carbonyl (C=O) groups excluding carboxylic acids is 1. The summed E-state index contributed by atoms with van der Waals surface area (Å²) >= 11 is 0. The highest BCUT2D eigenvalue weighted by Crippen LogP contribution is 2.21. The molecule has 1 amide bonds. The van der Waals surface area contributed by atoms with E-state index in [4.69, 9.17) is 0 Å². The molecule has 0 spiro atoms. The van der Waals surface area contributed by atoms with Gasteiger partial charge < -0.3 is 10.1 Å². The molecule has 2 heterocycles. The molecule has 1 saturated heterocycles. The molecule has 0 saturated carbocycles. The molecule has 0 aliphatic carbocycles. The number of carbonyl (C=O) groups is 1. The van der Waals surface area contributed by atoms with E-state index in [0.717, 1.165) is 25.5 Å². The standard InChI is InChI=1S/C20H22F3N3O4S/c21-20(22,23)14-30-18-9-6-16(13-24-18)19(27)25-12-15-4-7-17(8-5-15)31(28,29)26-10-2-1-3-11-26/h4-9,13H,1-3,10-12,14H2,(H,25,27). The lowest BCUT2D eigenvalue weighted by molar-refractivity contribution is -0.154. The number of hydrogen-bond donors (Lipinski definition) is 1. The Hall–Kier alpha value is -2.66. The maximum atomic E-state index is 12.7. The Balaban J connectivity index is 1.54. The molecule has 31 heavy (non-hydrogen) atoms. The van der Waals surface area contributed by atoms with Crippen LogP contribution in [0.1, 0.15) is 35.2 Å². The summed E-state index contributed by atoms with van der Waals surface area (Å²) in [7, 11) is -3.52. The normalized spacial score (nSPS) is 15.5. The van der Waals surface area contributed by atoms with Crippen LogP contribution in [0.4, 0.5) is 13.2 Å². The first kappa shape index (κ1) is 23.0. The van der Waals surface area contributed by atoms with Crippen molar-refractivity contribution in [3.05, 3.63) is 53.7 Å². The van der Waals surface area contributed by atoms with Crippen LogP contribution in [0.2, 0.25) is 0 Å². The van der Waals surface area contributed by atoms with E-state index in [2.05, 4.69) is 15.0 Å². The van der Waals surface area contributed by atoms with Crippen LogP contribution in [0.5, 0.6) is 5.88 Å². The van der Waals surface area contributed by atoms with E-state index in [0.29, 0.717) is 18.7 Å². The highest BCUT2D eigenvalue weighted by atomic mass is 32.2. The number of amides is 1. The number of halogens is 3. The molecular formula is C20H22F3N3O4S. The minimum absolute atomic E-state index is 0.148. The number of nitrogens with zero attached hydrogens (tertiary/aromatic N) is 2. The molecule has 0 unspecified atom stereocenters. The van der Waals surface area contributed by atoms with Crippen molar-refractivity contribution in [2.75, 3.05) is 19.7 Å². The lowest BCUT2D eigenvalue weighted by Crippen LogP contribution is -2.35. The van der Waals surface area contributed by atoms with Crippen molar-refractivity contribution in [1.29, 1.82) is 0 Å². The van der Waals surface area contributed by atoms with Crippen LogP contribution in [0, 0.1) is 0 Å². The number of nitrogens with one attached hydrogen (secondary N) is 1. The predicted molar refractivity (Wildman–Crippen MR) is 106 cm³/mol. The van der Waals surface area contributed by atoms with Gasteiger partial charge in [0.05, 0.1) is 10.5 Å². The first-order chi connectivity index (χ1) is 14.6. The van der Waals surface area contributed by atoms with Crippen molar-refractivity contribution in [2.24, 2.45) is 0 Å². The first-order valence-corrected chi connectivity index (χ1v) is 11.1. The van der Waals surface area contributed by atoms with Gasteiger partial charge in [0.15, 0.2) is 6.61 Å². The maximum Gasteiger partial charge on any atom is 0.422 e. The van der Waals surface area contributed by atoms with Crippen molar-refractivity contribution in [3.63, 3.8) is 0 Å². The summed E-state index contributed by atoms with van der Waals surface area (Å²) in [5.41, 5.74) is 0.854. The number of aromatic nitrogens is 1. The molecule has 11 heteroatoms. The SMILES string of the molecule is O=C(NCc1ccc(S(=O)(=O)N2CCCCC2)cc1)c1ccc(OCC(F)(F)F)nc1. The highest BCUT2D eigenvalue weighted by molar-refractivity contribution is 7.89. The number of piperidine rings is 1. The number of ether oxygens (including phenoxy) is 1. The van der Waals surface area contributed by atoms with Gasteiger partial charge in [-0.1, -0.05) is 18.6 Å². The van der Waals surface area contributed by atoms with Crippen molar-refractivity contribution < 1.29 is 31.1 Å². The maximum absolute atomic E-state index is 12.7. The lowest BCUT2D eigenvalue weighted by atomic mass is 10.2. The van der Waals surface area contributed by atoms with Crippen LogP contribution in [0.15, 0.2) is 47.5 Å². The molecule has 0 atom stereocenters. The fraction of sp³-hybridized carbons (Fsp3) is 0.400. The number of pyridine rings is 1. The van der Waals surface area contributed by atoms with Crippen LogP contribution in [0.3, 0.4) is 0 Å². The largest absolute Gasteiger partial charge is 0.468 e.